The third kappa shape index (κ3) is 10.8. The lowest BCUT2D eigenvalue weighted by molar-refractivity contribution is -0.176. The number of thiazole rings is 1. The van der Waals surface area contributed by atoms with Crippen LogP contribution in [0.4, 0.5) is 25.8 Å². The van der Waals surface area contributed by atoms with Crippen molar-refractivity contribution in [3.8, 4) is 11.3 Å². The molecule has 14 heteroatoms. The molecule has 0 amide bonds. The van der Waals surface area contributed by atoms with Crippen LogP contribution in [0.5, 0.6) is 0 Å². The van der Waals surface area contributed by atoms with Crippen LogP contribution in [0.25, 0.3) is 17.0 Å². The lowest BCUT2D eigenvalue weighted by Gasteiger charge is -2.36. The summed E-state index contributed by atoms with van der Waals surface area (Å²) < 4.78 is 32.9. The van der Waals surface area contributed by atoms with E-state index in [0.717, 1.165) is 65.2 Å². The van der Waals surface area contributed by atoms with Crippen LogP contribution in [0.2, 0.25) is 0 Å². The monoisotopic (exact) mass is 725 g/mol. The Hall–Kier alpha value is -3.79. The number of thioether (sulfide) groups is 1. The number of hydrogen-bond acceptors (Lipinski definition) is 12. The van der Waals surface area contributed by atoms with Crippen molar-refractivity contribution in [2.24, 2.45) is 9.98 Å². The normalized spacial score (nSPS) is 13.7. The Labute approximate surface area is 299 Å². The molecule has 4 N–H and O–H groups in total. The molecule has 0 bridgehead atoms. The molecule has 1 aliphatic rings. The number of aryl methyl sites for hydroxylation is 1. The zero-order chi connectivity index (χ0) is 35.0. The number of allylic oxidation sites excluding steroid dienone is 1. The average molecular weight is 726 g/mol. The number of benzene rings is 3. The molecule has 1 aromatic heterocycles. The van der Waals surface area contributed by atoms with E-state index in [1.165, 1.54) is 35.4 Å². The first-order valence-electron chi connectivity index (χ1n) is 15.6. The predicted molar refractivity (Wildman–Crippen MR) is 206 cm³/mol. The van der Waals surface area contributed by atoms with Gasteiger partial charge in [-0.1, -0.05) is 25.1 Å². The SMILES string of the molecule is C=N/C(=C\C=N/CNc1ccc(N2CCN(CCSC)CC2)c(F)c1)c1sc(CC)nc1-c1ccc(F)c(NSc2ccccc2)c1.OO. The maximum absolute atomic E-state index is 15.0. The molecule has 5 rings (SSSR count). The zero-order valence-corrected chi connectivity index (χ0v) is 29.9. The fraction of sp³-hybridized carbons (Fsp3) is 0.286. The quantitative estimate of drug-likeness (QED) is 0.0416. The van der Waals surface area contributed by atoms with E-state index in [1.54, 1.807) is 24.4 Å². The Morgan fingerprint density at radius 1 is 1.04 bits per heavy atom. The van der Waals surface area contributed by atoms with Crippen molar-refractivity contribution in [1.29, 1.82) is 0 Å². The summed E-state index contributed by atoms with van der Waals surface area (Å²) >= 11 is 4.72. The Morgan fingerprint density at radius 3 is 2.51 bits per heavy atom. The van der Waals surface area contributed by atoms with Gasteiger partial charge in [-0.05, 0) is 85.9 Å². The fourth-order valence-corrected chi connectivity index (χ4v) is 7.19. The standard InChI is InChI=1S/C35H39F2N7S3.H2O2/c1-4-33-41-34(25-10-12-28(36)31(22-25)42-47-27-8-6-5-7-9-27)35(46-33)30(38-2)14-15-39-24-40-26-11-13-32(29(37)23-26)44-18-16-43(17-19-44)20-21-45-3;1-2/h5-15,22-23,40,42H,2,4,16-21,24H2,1,3H3;1-2H/b30-14-,39-15-;. The van der Waals surface area contributed by atoms with Crippen LogP contribution in [0, 0.1) is 11.6 Å². The van der Waals surface area contributed by atoms with Crippen LogP contribution in [-0.2, 0) is 6.42 Å². The van der Waals surface area contributed by atoms with Gasteiger partial charge in [-0.25, -0.2) is 13.8 Å². The van der Waals surface area contributed by atoms with Crippen LogP contribution in [0.15, 0.2) is 87.7 Å². The number of aromatic nitrogens is 1. The highest BCUT2D eigenvalue weighted by atomic mass is 32.2. The van der Waals surface area contributed by atoms with E-state index >= 15 is 4.39 Å². The predicted octanol–water partition coefficient (Wildman–Crippen LogP) is 8.45. The molecule has 1 aliphatic heterocycles. The Balaban J connectivity index is 0.00000265. The lowest BCUT2D eigenvalue weighted by atomic mass is 10.1. The van der Waals surface area contributed by atoms with Gasteiger partial charge >= 0.3 is 0 Å². The Morgan fingerprint density at radius 2 is 1.82 bits per heavy atom. The molecule has 3 aromatic carbocycles. The first kappa shape index (κ1) is 38.0. The minimum Gasteiger partial charge on any atom is -0.367 e. The molecule has 0 spiro atoms. The van der Waals surface area contributed by atoms with E-state index in [4.69, 9.17) is 15.5 Å². The topological polar surface area (TPSA) is 109 Å². The van der Waals surface area contributed by atoms with Gasteiger partial charge in [0.15, 0.2) is 0 Å². The van der Waals surface area contributed by atoms with E-state index in [1.807, 2.05) is 61.2 Å². The first-order valence-corrected chi connectivity index (χ1v) is 18.7. The minimum absolute atomic E-state index is 0.239. The van der Waals surface area contributed by atoms with Gasteiger partial charge in [0.25, 0.3) is 0 Å². The van der Waals surface area contributed by atoms with Crippen molar-refractivity contribution in [2.75, 3.05) is 66.3 Å². The summed E-state index contributed by atoms with van der Waals surface area (Å²) in [5, 5.41) is 16.1. The third-order valence-electron chi connectivity index (χ3n) is 7.62. The molecule has 49 heavy (non-hydrogen) atoms. The average Bonchev–Trinajstić information content (AvgIpc) is 3.58. The van der Waals surface area contributed by atoms with E-state index in [2.05, 4.69) is 42.8 Å². The molecule has 4 aromatic rings. The number of rotatable bonds is 15. The van der Waals surface area contributed by atoms with E-state index in [9.17, 15) is 4.39 Å². The largest absolute Gasteiger partial charge is 0.367 e. The zero-order valence-electron chi connectivity index (χ0n) is 27.5. The number of halogens is 2. The molecule has 0 unspecified atom stereocenters. The van der Waals surface area contributed by atoms with Crippen LogP contribution in [0.1, 0.15) is 16.8 Å². The van der Waals surface area contributed by atoms with Crippen LogP contribution >= 0.6 is 35.0 Å². The number of hydrogen-bond donors (Lipinski definition) is 4. The van der Waals surface area contributed by atoms with Gasteiger partial charge in [0.2, 0.25) is 0 Å². The summed E-state index contributed by atoms with van der Waals surface area (Å²) in [5.41, 5.74) is 3.76. The van der Waals surface area contributed by atoms with Gasteiger partial charge in [-0.2, -0.15) is 11.8 Å². The molecule has 260 valence electrons. The van der Waals surface area contributed by atoms with E-state index < -0.39 is 0 Å². The number of aliphatic imine (C=N–C) groups is 2. The van der Waals surface area contributed by atoms with Crippen molar-refractivity contribution >= 4 is 70.7 Å². The second-order valence-electron chi connectivity index (χ2n) is 10.7. The number of nitrogens with zero attached hydrogens (tertiary/aromatic N) is 5. The van der Waals surface area contributed by atoms with Gasteiger partial charge in [0.05, 0.1) is 32.7 Å². The van der Waals surface area contributed by atoms with E-state index in [-0.39, 0.29) is 18.3 Å². The summed E-state index contributed by atoms with van der Waals surface area (Å²) in [4.78, 5) is 19.9. The highest BCUT2D eigenvalue weighted by Gasteiger charge is 2.20. The van der Waals surface area contributed by atoms with Gasteiger partial charge in [0, 0.05) is 60.8 Å². The van der Waals surface area contributed by atoms with Crippen molar-refractivity contribution in [3.05, 3.63) is 94.3 Å². The molecule has 9 nitrogen and oxygen atoms in total. The second-order valence-corrected chi connectivity index (χ2v) is 13.7. The third-order valence-corrected chi connectivity index (χ3v) is 10.3. The number of anilines is 3. The molecule has 0 aliphatic carbocycles. The van der Waals surface area contributed by atoms with Gasteiger partial charge in [-0.3, -0.25) is 25.4 Å². The maximum atomic E-state index is 15.0. The molecule has 0 radical (unpaired) electrons. The molecule has 2 heterocycles. The summed E-state index contributed by atoms with van der Waals surface area (Å²) in [6, 6.07) is 19.9. The minimum atomic E-state index is -0.351. The highest BCUT2D eigenvalue weighted by molar-refractivity contribution is 8.00. The summed E-state index contributed by atoms with van der Waals surface area (Å²) in [6.07, 6.45) is 6.31. The molecule has 0 saturated carbocycles. The summed E-state index contributed by atoms with van der Waals surface area (Å²) in [6.45, 7) is 10.7. The van der Waals surface area contributed by atoms with Crippen molar-refractivity contribution in [3.63, 3.8) is 0 Å². The molecular formula is C35H41F2N7O2S3. The number of piperazine rings is 1. The van der Waals surface area contributed by atoms with Crippen molar-refractivity contribution in [1.82, 2.24) is 9.88 Å². The van der Waals surface area contributed by atoms with Gasteiger partial charge < -0.3 is 14.9 Å². The van der Waals surface area contributed by atoms with Crippen molar-refractivity contribution < 1.29 is 19.3 Å². The van der Waals surface area contributed by atoms with Crippen LogP contribution in [-0.4, -0.2) is 84.7 Å². The highest BCUT2D eigenvalue weighted by Crippen LogP contribution is 2.36. The molecule has 1 saturated heterocycles. The molecule has 1 fully saturated rings. The lowest BCUT2D eigenvalue weighted by Crippen LogP contribution is -2.47. The Kier molecular flexibility index (Phi) is 15.5. The van der Waals surface area contributed by atoms with Crippen molar-refractivity contribution in [2.45, 2.75) is 18.2 Å². The Bertz CT molecular complexity index is 1700. The second kappa shape index (κ2) is 20.0. The smallest absolute Gasteiger partial charge is 0.148 e. The fourth-order valence-electron chi connectivity index (χ4n) is 5.06. The maximum Gasteiger partial charge on any atom is 0.148 e. The van der Waals surface area contributed by atoms with E-state index in [0.29, 0.717) is 28.5 Å². The molecular weight excluding hydrogens is 685 g/mol. The number of nitrogens with one attached hydrogen (secondary N) is 2. The summed E-state index contributed by atoms with van der Waals surface area (Å²) in [7, 11) is 0. The van der Waals surface area contributed by atoms with Crippen LogP contribution < -0.4 is 14.9 Å². The molecule has 0 atom stereocenters. The van der Waals surface area contributed by atoms with Gasteiger partial charge in [-0.15, -0.1) is 11.3 Å². The van der Waals surface area contributed by atoms with Gasteiger partial charge in [0.1, 0.15) is 18.3 Å². The van der Waals surface area contributed by atoms with Crippen LogP contribution in [0.3, 0.4) is 0 Å². The summed E-state index contributed by atoms with van der Waals surface area (Å²) in [5.74, 6) is 0.530. The first-order chi connectivity index (χ1) is 24.0.